The molecule has 1 aromatic carbocycles. The molecule has 0 aromatic heterocycles. The minimum Gasteiger partial charge on any atom is -0.492 e. The van der Waals surface area contributed by atoms with Crippen molar-refractivity contribution in [3.05, 3.63) is 30.3 Å². The molecule has 26 heavy (non-hydrogen) atoms. The number of piperazine rings is 1. The summed E-state index contributed by atoms with van der Waals surface area (Å²) < 4.78 is 11.5. The van der Waals surface area contributed by atoms with Crippen molar-refractivity contribution >= 4 is 5.91 Å². The summed E-state index contributed by atoms with van der Waals surface area (Å²) >= 11 is 0. The molecule has 1 amide bonds. The van der Waals surface area contributed by atoms with E-state index >= 15 is 0 Å². The quantitative estimate of drug-likeness (QED) is 0.765. The first-order valence-electron chi connectivity index (χ1n) is 9.68. The third kappa shape index (κ3) is 5.19. The Hall–Kier alpha value is -1.63. The van der Waals surface area contributed by atoms with E-state index in [1.807, 2.05) is 35.2 Å². The molecule has 0 unspecified atom stereocenters. The van der Waals surface area contributed by atoms with Gasteiger partial charge < -0.3 is 14.4 Å². The van der Waals surface area contributed by atoms with Crippen LogP contribution in [0.4, 0.5) is 0 Å². The first kappa shape index (κ1) is 19.1. The van der Waals surface area contributed by atoms with Crippen LogP contribution in [0.25, 0.3) is 0 Å². The number of morpholine rings is 1. The van der Waals surface area contributed by atoms with Crippen LogP contribution in [0.2, 0.25) is 0 Å². The van der Waals surface area contributed by atoms with Gasteiger partial charge in [-0.05, 0) is 26.0 Å². The Bertz CT molecular complexity index is 559. The van der Waals surface area contributed by atoms with Crippen LogP contribution in [0.5, 0.6) is 5.75 Å². The molecule has 6 heteroatoms. The van der Waals surface area contributed by atoms with Crippen molar-refractivity contribution in [2.24, 2.45) is 0 Å². The van der Waals surface area contributed by atoms with Gasteiger partial charge in [-0.15, -0.1) is 0 Å². The molecule has 6 nitrogen and oxygen atoms in total. The number of rotatable bonds is 6. The smallest absolute Gasteiger partial charge is 0.253 e. The molecule has 1 aromatic rings. The second-order valence-corrected chi connectivity index (χ2v) is 7.28. The minimum absolute atomic E-state index is 0.149. The van der Waals surface area contributed by atoms with Crippen LogP contribution in [0.15, 0.2) is 30.3 Å². The topological polar surface area (TPSA) is 45.2 Å². The molecule has 0 bridgehead atoms. The highest BCUT2D eigenvalue weighted by Gasteiger charge is 2.32. The summed E-state index contributed by atoms with van der Waals surface area (Å²) in [5, 5.41) is 0. The van der Waals surface area contributed by atoms with E-state index < -0.39 is 0 Å². The SMILES string of the molecule is CC(C)N1CCO[C@H](C(=O)N2CCN(CCOc3ccccc3)CC2)C1. The lowest BCUT2D eigenvalue weighted by Gasteiger charge is -2.39. The maximum Gasteiger partial charge on any atom is 0.253 e. The molecule has 0 saturated carbocycles. The van der Waals surface area contributed by atoms with Crippen LogP contribution < -0.4 is 4.74 Å². The van der Waals surface area contributed by atoms with E-state index in [0.29, 0.717) is 25.8 Å². The number of nitrogens with zero attached hydrogens (tertiary/aromatic N) is 3. The van der Waals surface area contributed by atoms with Gasteiger partial charge in [-0.1, -0.05) is 18.2 Å². The average molecular weight is 361 g/mol. The van der Waals surface area contributed by atoms with Crippen molar-refractivity contribution in [2.45, 2.75) is 26.0 Å². The van der Waals surface area contributed by atoms with Gasteiger partial charge in [-0.3, -0.25) is 14.6 Å². The van der Waals surface area contributed by atoms with E-state index in [-0.39, 0.29) is 12.0 Å². The van der Waals surface area contributed by atoms with Gasteiger partial charge in [0.05, 0.1) is 6.61 Å². The van der Waals surface area contributed by atoms with E-state index in [1.54, 1.807) is 0 Å². The molecule has 2 aliphatic rings. The number of hydrogen-bond donors (Lipinski definition) is 0. The predicted molar refractivity (Wildman–Crippen MR) is 101 cm³/mol. The van der Waals surface area contributed by atoms with E-state index in [2.05, 4.69) is 23.6 Å². The summed E-state index contributed by atoms with van der Waals surface area (Å²) in [5.74, 6) is 1.06. The normalized spacial score (nSPS) is 22.6. The molecule has 0 N–H and O–H groups in total. The number of para-hydroxylation sites is 1. The van der Waals surface area contributed by atoms with Crippen LogP contribution in [-0.4, -0.2) is 91.8 Å². The van der Waals surface area contributed by atoms with Gasteiger partial charge in [0, 0.05) is 51.9 Å². The van der Waals surface area contributed by atoms with Crippen LogP contribution in [-0.2, 0) is 9.53 Å². The zero-order chi connectivity index (χ0) is 18.4. The van der Waals surface area contributed by atoms with Gasteiger partial charge >= 0.3 is 0 Å². The van der Waals surface area contributed by atoms with Crippen molar-refractivity contribution in [1.82, 2.24) is 14.7 Å². The van der Waals surface area contributed by atoms with Gasteiger partial charge in [0.2, 0.25) is 0 Å². The van der Waals surface area contributed by atoms with Crippen LogP contribution in [0.3, 0.4) is 0 Å². The zero-order valence-corrected chi connectivity index (χ0v) is 16.0. The number of ether oxygens (including phenoxy) is 2. The van der Waals surface area contributed by atoms with Gasteiger partial charge in [-0.2, -0.15) is 0 Å². The second kappa shape index (κ2) is 9.35. The van der Waals surface area contributed by atoms with Crippen LogP contribution in [0.1, 0.15) is 13.8 Å². The third-order valence-electron chi connectivity index (χ3n) is 5.21. The first-order chi connectivity index (χ1) is 12.6. The fourth-order valence-corrected chi connectivity index (χ4v) is 3.49. The zero-order valence-electron chi connectivity index (χ0n) is 16.0. The van der Waals surface area contributed by atoms with E-state index in [9.17, 15) is 4.79 Å². The second-order valence-electron chi connectivity index (χ2n) is 7.28. The number of amides is 1. The largest absolute Gasteiger partial charge is 0.492 e. The Balaban J connectivity index is 1.38. The molecular weight excluding hydrogens is 330 g/mol. The van der Waals surface area contributed by atoms with Crippen LogP contribution >= 0.6 is 0 Å². The van der Waals surface area contributed by atoms with Crippen molar-refractivity contribution in [1.29, 1.82) is 0 Å². The summed E-state index contributed by atoms with van der Waals surface area (Å²) in [4.78, 5) is 19.4. The molecule has 3 rings (SSSR count). The highest BCUT2D eigenvalue weighted by atomic mass is 16.5. The molecule has 144 valence electrons. The van der Waals surface area contributed by atoms with Gasteiger partial charge in [0.15, 0.2) is 0 Å². The lowest BCUT2D eigenvalue weighted by molar-refractivity contribution is -0.152. The van der Waals surface area contributed by atoms with Crippen molar-refractivity contribution in [3.63, 3.8) is 0 Å². The Labute approximate surface area is 156 Å². The maximum absolute atomic E-state index is 12.8. The number of benzene rings is 1. The van der Waals surface area contributed by atoms with Crippen molar-refractivity contribution in [2.75, 3.05) is 59.0 Å². The van der Waals surface area contributed by atoms with Gasteiger partial charge in [0.25, 0.3) is 5.91 Å². The lowest BCUT2D eigenvalue weighted by atomic mass is 10.2. The molecule has 2 fully saturated rings. The lowest BCUT2D eigenvalue weighted by Crippen LogP contribution is -2.56. The van der Waals surface area contributed by atoms with E-state index in [1.165, 1.54) is 0 Å². The monoisotopic (exact) mass is 361 g/mol. The number of hydrogen-bond acceptors (Lipinski definition) is 5. The third-order valence-corrected chi connectivity index (χ3v) is 5.21. The number of carbonyl (C=O) groups is 1. The molecule has 0 spiro atoms. The van der Waals surface area contributed by atoms with Gasteiger partial charge in [-0.25, -0.2) is 0 Å². The van der Waals surface area contributed by atoms with Crippen molar-refractivity contribution < 1.29 is 14.3 Å². The van der Waals surface area contributed by atoms with E-state index in [0.717, 1.165) is 45.0 Å². The number of carbonyl (C=O) groups excluding carboxylic acids is 1. The average Bonchev–Trinajstić information content (AvgIpc) is 2.69. The molecular formula is C20H31N3O3. The fraction of sp³-hybridized carbons (Fsp3) is 0.650. The summed E-state index contributed by atoms with van der Waals surface area (Å²) in [6.45, 7) is 11.5. The van der Waals surface area contributed by atoms with Crippen LogP contribution in [0, 0.1) is 0 Å². The Morgan fingerprint density at radius 3 is 2.58 bits per heavy atom. The summed E-state index contributed by atoms with van der Waals surface area (Å²) in [6, 6.07) is 10.3. The maximum atomic E-state index is 12.8. The highest BCUT2D eigenvalue weighted by molar-refractivity contribution is 5.81. The fourth-order valence-electron chi connectivity index (χ4n) is 3.49. The molecule has 1 atom stereocenters. The van der Waals surface area contributed by atoms with Crippen molar-refractivity contribution in [3.8, 4) is 5.75 Å². The predicted octanol–water partition coefficient (Wildman–Crippen LogP) is 1.32. The van der Waals surface area contributed by atoms with Gasteiger partial charge in [0.1, 0.15) is 18.5 Å². The molecule has 2 saturated heterocycles. The standard InChI is InChI=1S/C20H31N3O3/c1-17(2)23-13-15-26-19(16-23)20(24)22-10-8-21(9-11-22)12-14-25-18-6-4-3-5-7-18/h3-7,17,19H,8-16H2,1-2H3/t19-/m0/s1. The summed E-state index contributed by atoms with van der Waals surface area (Å²) in [7, 11) is 0. The summed E-state index contributed by atoms with van der Waals surface area (Å²) in [6.07, 6.45) is -0.306. The Morgan fingerprint density at radius 2 is 1.88 bits per heavy atom. The van der Waals surface area contributed by atoms with E-state index in [4.69, 9.17) is 9.47 Å². The summed E-state index contributed by atoms with van der Waals surface area (Å²) in [5.41, 5.74) is 0. The molecule has 0 radical (unpaired) electrons. The molecule has 2 heterocycles. The first-order valence-corrected chi connectivity index (χ1v) is 9.68. The highest BCUT2D eigenvalue weighted by Crippen LogP contribution is 2.13. The Kier molecular flexibility index (Phi) is 6.88. The molecule has 0 aliphatic carbocycles. The molecule has 2 aliphatic heterocycles. The Morgan fingerprint density at radius 1 is 1.15 bits per heavy atom. The minimum atomic E-state index is -0.306.